The highest BCUT2D eigenvalue weighted by Crippen LogP contribution is 2.24. The van der Waals surface area contributed by atoms with E-state index in [1.807, 2.05) is 37.0 Å². The molecule has 0 amide bonds. The summed E-state index contributed by atoms with van der Waals surface area (Å²) in [6, 6.07) is 6.59. The SMILES string of the molecule is CSCCC(C)N(C)c1nc2cc(N)ccc2o1. The van der Waals surface area contributed by atoms with Gasteiger partial charge in [0, 0.05) is 18.8 Å². The quantitative estimate of drug-likeness (QED) is 0.842. The molecule has 0 radical (unpaired) electrons. The summed E-state index contributed by atoms with van der Waals surface area (Å²) in [4.78, 5) is 6.55. The van der Waals surface area contributed by atoms with Crippen molar-refractivity contribution in [2.75, 3.05) is 29.7 Å². The van der Waals surface area contributed by atoms with Crippen LogP contribution in [0.3, 0.4) is 0 Å². The van der Waals surface area contributed by atoms with E-state index in [-0.39, 0.29) is 0 Å². The number of nitrogens with two attached hydrogens (primary N) is 1. The van der Waals surface area contributed by atoms with Gasteiger partial charge in [0.1, 0.15) is 5.52 Å². The summed E-state index contributed by atoms with van der Waals surface area (Å²) in [5, 5.41) is 0. The van der Waals surface area contributed by atoms with Crippen LogP contribution in [0.25, 0.3) is 11.1 Å². The predicted molar refractivity (Wildman–Crippen MR) is 79.3 cm³/mol. The molecule has 0 aliphatic heterocycles. The lowest BCUT2D eigenvalue weighted by atomic mass is 10.2. The van der Waals surface area contributed by atoms with Crippen LogP contribution in [0.4, 0.5) is 11.7 Å². The third-order valence-electron chi connectivity index (χ3n) is 3.10. The van der Waals surface area contributed by atoms with Gasteiger partial charge < -0.3 is 15.1 Å². The first-order valence-corrected chi connectivity index (χ1v) is 7.39. The molecule has 98 valence electrons. The molecule has 0 fully saturated rings. The van der Waals surface area contributed by atoms with Crippen LogP contribution in [0.2, 0.25) is 0 Å². The molecule has 2 rings (SSSR count). The Kier molecular flexibility index (Phi) is 4.01. The number of hydrogen-bond acceptors (Lipinski definition) is 5. The number of nitrogen functional groups attached to an aromatic ring is 1. The third kappa shape index (κ3) is 2.72. The van der Waals surface area contributed by atoms with Crippen molar-refractivity contribution in [3.05, 3.63) is 18.2 Å². The maximum absolute atomic E-state index is 5.74. The fourth-order valence-electron chi connectivity index (χ4n) is 1.75. The highest BCUT2D eigenvalue weighted by molar-refractivity contribution is 7.98. The average molecular weight is 265 g/mol. The zero-order valence-electron chi connectivity index (χ0n) is 11.0. The summed E-state index contributed by atoms with van der Waals surface area (Å²) in [5.41, 5.74) is 8.04. The normalized spacial score (nSPS) is 12.8. The monoisotopic (exact) mass is 265 g/mol. The predicted octanol–water partition coefficient (Wildman–Crippen LogP) is 2.99. The van der Waals surface area contributed by atoms with E-state index >= 15 is 0 Å². The van der Waals surface area contributed by atoms with Crippen molar-refractivity contribution in [2.24, 2.45) is 0 Å². The van der Waals surface area contributed by atoms with Crippen LogP contribution < -0.4 is 10.6 Å². The van der Waals surface area contributed by atoms with E-state index in [1.165, 1.54) is 0 Å². The van der Waals surface area contributed by atoms with Gasteiger partial charge in [-0.25, -0.2) is 0 Å². The molecule has 0 saturated carbocycles. The molecular weight excluding hydrogens is 246 g/mol. The van der Waals surface area contributed by atoms with Gasteiger partial charge in [-0.05, 0) is 43.6 Å². The Hall–Kier alpha value is -1.36. The van der Waals surface area contributed by atoms with Gasteiger partial charge in [-0.1, -0.05) is 0 Å². The maximum Gasteiger partial charge on any atom is 0.298 e. The van der Waals surface area contributed by atoms with E-state index in [2.05, 4.69) is 23.1 Å². The Balaban J connectivity index is 2.19. The fourth-order valence-corrected chi connectivity index (χ4v) is 2.33. The second kappa shape index (κ2) is 5.52. The summed E-state index contributed by atoms with van der Waals surface area (Å²) in [6.07, 6.45) is 3.23. The molecule has 18 heavy (non-hydrogen) atoms. The number of rotatable bonds is 5. The van der Waals surface area contributed by atoms with E-state index < -0.39 is 0 Å². The summed E-state index contributed by atoms with van der Waals surface area (Å²) in [6.45, 7) is 2.18. The molecule has 0 spiro atoms. The highest BCUT2D eigenvalue weighted by Gasteiger charge is 2.15. The first kappa shape index (κ1) is 13.1. The van der Waals surface area contributed by atoms with Crippen LogP contribution in [0.15, 0.2) is 22.6 Å². The minimum atomic E-state index is 0.405. The maximum atomic E-state index is 5.74. The molecule has 0 aliphatic rings. The second-order valence-corrected chi connectivity index (χ2v) is 5.45. The lowest BCUT2D eigenvalue weighted by molar-refractivity contribution is 0.544. The van der Waals surface area contributed by atoms with Gasteiger partial charge >= 0.3 is 0 Å². The van der Waals surface area contributed by atoms with Crippen LogP contribution in [-0.2, 0) is 0 Å². The van der Waals surface area contributed by atoms with Crippen molar-refractivity contribution in [3.8, 4) is 0 Å². The largest absolute Gasteiger partial charge is 0.423 e. The van der Waals surface area contributed by atoms with Crippen LogP contribution >= 0.6 is 11.8 Å². The average Bonchev–Trinajstić information content (AvgIpc) is 2.77. The third-order valence-corrected chi connectivity index (χ3v) is 3.75. The van der Waals surface area contributed by atoms with E-state index in [0.717, 1.165) is 23.3 Å². The number of fused-ring (bicyclic) bond motifs is 1. The minimum absolute atomic E-state index is 0.405. The zero-order chi connectivity index (χ0) is 13.1. The molecule has 1 atom stereocenters. The number of aromatic nitrogens is 1. The van der Waals surface area contributed by atoms with Gasteiger partial charge in [0.15, 0.2) is 5.58 Å². The molecule has 2 aromatic rings. The Morgan fingerprint density at radius 2 is 2.28 bits per heavy atom. The van der Waals surface area contributed by atoms with E-state index in [0.29, 0.717) is 17.7 Å². The van der Waals surface area contributed by atoms with E-state index in [1.54, 1.807) is 0 Å². The lowest BCUT2D eigenvalue weighted by Crippen LogP contribution is -2.29. The standard InChI is InChI=1S/C13H19N3OS/c1-9(6-7-18-3)16(2)13-15-11-8-10(14)4-5-12(11)17-13/h4-5,8-9H,6-7,14H2,1-3H3. The topological polar surface area (TPSA) is 55.3 Å². The molecule has 1 aromatic heterocycles. The van der Waals surface area contributed by atoms with Crippen LogP contribution in [0, 0.1) is 0 Å². The van der Waals surface area contributed by atoms with Crippen molar-refractivity contribution in [1.29, 1.82) is 0 Å². The molecule has 5 heteroatoms. The Morgan fingerprint density at radius 1 is 1.50 bits per heavy atom. The van der Waals surface area contributed by atoms with Crippen LogP contribution in [-0.4, -0.2) is 30.1 Å². The Morgan fingerprint density at radius 3 is 3.00 bits per heavy atom. The summed E-state index contributed by atoms with van der Waals surface area (Å²) >= 11 is 1.86. The molecule has 1 unspecified atom stereocenters. The molecular formula is C13H19N3OS. The van der Waals surface area contributed by atoms with Gasteiger partial charge in [0.2, 0.25) is 0 Å². The highest BCUT2D eigenvalue weighted by atomic mass is 32.2. The summed E-state index contributed by atoms with van der Waals surface area (Å²) < 4.78 is 5.74. The van der Waals surface area contributed by atoms with Crippen molar-refractivity contribution in [2.45, 2.75) is 19.4 Å². The van der Waals surface area contributed by atoms with E-state index in [9.17, 15) is 0 Å². The molecule has 4 nitrogen and oxygen atoms in total. The number of benzene rings is 1. The first-order valence-electron chi connectivity index (χ1n) is 5.99. The lowest BCUT2D eigenvalue weighted by Gasteiger charge is -2.22. The number of nitrogens with zero attached hydrogens (tertiary/aromatic N) is 2. The number of thioether (sulfide) groups is 1. The van der Waals surface area contributed by atoms with Crippen molar-refractivity contribution in [3.63, 3.8) is 0 Å². The van der Waals surface area contributed by atoms with Crippen molar-refractivity contribution in [1.82, 2.24) is 4.98 Å². The summed E-state index contributed by atoms with van der Waals surface area (Å²) in [5.74, 6) is 1.14. The molecule has 1 heterocycles. The van der Waals surface area contributed by atoms with Gasteiger partial charge in [-0.2, -0.15) is 16.7 Å². The first-order chi connectivity index (χ1) is 8.61. The van der Waals surface area contributed by atoms with Gasteiger partial charge in [-0.15, -0.1) is 0 Å². The van der Waals surface area contributed by atoms with Crippen molar-refractivity contribution >= 4 is 34.6 Å². The number of anilines is 2. The van der Waals surface area contributed by atoms with Crippen LogP contribution in [0.1, 0.15) is 13.3 Å². The number of oxazole rings is 1. The van der Waals surface area contributed by atoms with Gasteiger partial charge in [0.25, 0.3) is 6.01 Å². The molecule has 2 N–H and O–H groups in total. The Labute approximate surface area is 112 Å². The smallest absolute Gasteiger partial charge is 0.298 e. The van der Waals surface area contributed by atoms with Crippen molar-refractivity contribution < 1.29 is 4.42 Å². The molecule has 1 aromatic carbocycles. The molecule has 0 saturated heterocycles. The van der Waals surface area contributed by atoms with E-state index in [4.69, 9.17) is 10.2 Å². The van der Waals surface area contributed by atoms with Gasteiger partial charge in [0.05, 0.1) is 0 Å². The zero-order valence-corrected chi connectivity index (χ0v) is 11.8. The fraction of sp³-hybridized carbons (Fsp3) is 0.462. The van der Waals surface area contributed by atoms with Gasteiger partial charge in [-0.3, -0.25) is 0 Å². The Bertz CT molecular complexity index is 526. The summed E-state index contributed by atoms with van der Waals surface area (Å²) in [7, 11) is 2.01. The molecule has 0 aliphatic carbocycles. The molecule has 0 bridgehead atoms. The minimum Gasteiger partial charge on any atom is -0.423 e. The second-order valence-electron chi connectivity index (χ2n) is 4.47. The van der Waals surface area contributed by atoms with Crippen LogP contribution in [0.5, 0.6) is 0 Å². The number of hydrogen-bond donors (Lipinski definition) is 1.